The average molecular weight is 214 g/mol. The third-order valence-electron chi connectivity index (χ3n) is 2.60. The molecule has 0 atom stereocenters. The Balaban J connectivity index is 2.16. The molecule has 76 valence electrons. The van der Waals surface area contributed by atoms with Crippen LogP contribution in [-0.2, 0) is 6.42 Å². The van der Waals surface area contributed by atoms with Crippen molar-refractivity contribution in [1.82, 2.24) is 5.32 Å². The van der Waals surface area contributed by atoms with E-state index in [1.165, 1.54) is 0 Å². The molecule has 2 rings (SSSR count). The molecule has 1 N–H and O–H groups in total. The van der Waals surface area contributed by atoms with Crippen molar-refractivity contribution in [3.05, 3.63) is 34.3 Å². The smallest absolute Gasteiger partial charge is 0.139 e. The number of halogens is 2. The molecular formula is C11H13ClFN. The van der Waals surface area contributed by atoms with E-state index in [0.29, 0.717) is 24.5 Å². The van der Waals surface area contributed by atoms with Gasteiger partial charge in [0.05, 0.1) is 0 Å². The van der Waals surface area contributed by atoms with Crippen LogP contribution in [-0.4, -0.2) is 18.8 Å². The van der Waals surface area contributed by atoms with Crippen molar-refractivity contribution >= 4 is 11.6 Å². The van der Waals surface area contributed by atoms with E-state index in [2.05, 4.69) is 5.32 Å². The van der Waals surface area contributed by atoms with Crippen LogP contribution in [0.25, 0.3) is 0 Å². The fourth-order valence-electron chi connectivity index (χ4n) is 1.66. The van der Waals surface area contributed by atoms with E-state index in [4.69, 9.17) is 11.6 Å². The molecular weight excluding hydrogens is 201 g/mol. The fourth-order valence-corrected chi connectivity index (χ4v) is 1.96. The van der Waals surface area contributed by atoms with Gasteiger partial charge in [0.1, 0.15) is 5.67 Å². The van der Waals surface area contributed by atoms with Gasteiger partial charge in [0, 0.05) is 24.5 Å². The van der Waals surface area contributed by atoms with Crippen LogP contribution in [0.2, 0.25) is 5.02 Å². The van der Waals surface area contributed by atoms with Gasteiger partial charge >= 0.3 is 0 Å². The zero-order valence-corrected chi connectivity index (χ0v) is 8.87. The highest BCUT2D eigenvalue weighted by Crippen LogP contribution is 2.27. The van der Waals surface area contributed by atoms with E-state index in [1.54, 1.807) is 0 Å². The Kier molecular flexibility index (Phi) is 2.50. The lowest BCUT2D eigenvalue weighted by atomic mass is 9.91. The lowest BCUT2D eigenvalue weighted by molar-refractivity contribution is 0.0912. The van der Waals surface area contributed by atoms with Crippen LogP contribution >= 0.6 is 11.6 Å². The molecule has 14 heavy (non-hydrogen) atoms. The van der Waals surface area contributed by atoms with E-state index in [-0.39, 0.29) is 0 Å². The Hall–Kier alpha value is -0.600. The van der Waals surface area contributed by atoms with Gasteiger partial charge in [-0.2, -0.15) is 0 Å². The molecule has 1 aromatic rings. The molecule has 1 aliphatic rings. The first-order valence-corrected chi connectivity index (χ1v) is 5.12. The topological polar surface area (TPSA) is 12.0 Å². The second kappa shape index (κ2) is 3.52. The highest BCUT2D eigenvalue weighted by molar-refractivity contribution is 6.31. The Bertz CT molecular complexity index is 347. The van der Waals surface area contributed by atoms with E-state index < -0.39 is 5.67 Å². The second-order valence-electron chi connectivity index (χ2n) is 4.03. The van der Waals surface area contributed by atoms with Crippen molar-refractivity contribution in [3.63, 3.8) is 0 Å². The zero-order chi connectivity index (χ0) is 10.2. The Morgan fingerprint density at radius 2 is 2.21 bits per heavy atom. The minimum Gasteiger partial charge on any atom is -0.310 e. The van der Waals surface area contributed by atoms with E-state index in [9.17, 15) is 4.39 Å². The largest absolute Gasteiger partial charge is 0.310 e. The minimum atomic E-state index is -1.08. The summed E-state index contributed by atoms with van der Waals surface area (Å²) in [6.07, 6.45) is 0.416. The summed E-state index contributed by atoms with van der Waals surface area (Å²) in [4.78, 5) is 0. The van der Waals surface area contributed by atoms with Crippen LogP contribution in [0.4, 0.5) is 4.39 Å². The molecule has 0 amide bonds. The first-order valence-electron chi connectivity index (χ1n) is 4.74. The predicted octanol–water partition coefficient (Wildman–Crippen LogP) is 2.50. The SMILES string of the molecule is Cc1ccc(CC2(F)CNC2)c(Cl)c1. The molecule has 1 fully saturated rings. The highest BCUT2D eigenvalue weighted by Gasteiger charge is 2.37. The maximum absolute atomic E-state index is 13.8. The molecule has 1 nitrogen and oxygen atoms in total. The first-order chi connectivity index (χ1) is 6.59. The summed E-state index contributed by atoms with van der Waals surface area (Å²) < 4.78 is 13.8. The summed E-state index contributed by atoms with van der Waals surface area (Å²) in [7, 11) is 0. The monoisotopic (exact) mass is 213 g/mol. The number of benzene rings is 1. The maximum atomic E-state index is 13.8. The molecule has 0 spiro atoms. The number of hydrogen-bond acceptors (Lipinski definition) is 1. The molecule has 0 radical (unpaired) electrons. The third-order valence-corrected chi connectivity index (χ3v) is 2.95. The summed E-state index contributed by atoms with van der Waals surface area (Å²) in [6.45, 7) is 2.86. The van der Waals surface area contributed by atoms with Crippen LogP contribution < -0.4 is 5.32 Å². The molecule has 0 saturated carbocycles. The molecule has 0 bridgehead atoms. The number of rotatable bonds is 2. The van der Waals surface area contributed by atoms with E-state index in [0.717, 1.165) is 11.1 Å². The van der Waals surface area contributed by atoms with Crippen molar-refractivity contribution in [2.75, 3.05) is 13.1 Å². The maximum Gasteiger partial charge on any atom is 0.139 e. The van der Waals surface area contributed by atoms with Gasteiger partial charge in [0.2, 0.25) is 0 Å². The van der Waals surface area contributed by atoms with E-state index in [1.807, 2.05) is 25.1 Å². The first kappa shape index (κ1) is 9.94. The molecule has 0 aromatic heterocycles. The van der Waals surface area contributed by atoms with Gasteiger partial charge in [-0.3, -0.25) is 0 Å². The summed E-state index contributed by atoms with van der Waals surface area (Å²) >= 11 is 6.03. The number of nitrogens with one attached hydrogen (secondary N) is 1. The standard InChI is InChI=1S/C11H13ClFN/c1-8-2-3-9(10(12)4-8)5-11(13)6-14-7-11/h2-4,14H,5-7H2,1H3. The lowest BCUT2D eigenvalue weighted by Gasteiger charge is -2.35. The predicted molar refractivity (Wildman–Crippen MR) is 56.6 cm³/mol. The van der Waals surface area contributed by atoms with Crippen molar-refractivity contribution in [2.45, 2.75) is 19.0 Å². The average Bonchev–Trinajstić information content (AvgIpc) is 2.07. The summed E-state index contributed by atoms with van der Waals surface area (Å²) in [5, 5.41) is 3.61. The van der Waals surface area contributed by atoms with Crippen molar-refractivity contribution in [3.8, 4) is 0 Å². The lowest BCUT2D eigenvalue weighted by Crippen LogP contribution is -2.57. The molecule has 0 aliphatic carbocycles. The fraction of sp³-hybridized carbons (Fsp3) is 0.455. The van der Waals surface area contributed by atoms with Gasteiger partial charge in [-0.05, 0) is 24.1 Å². The molecule has 1 saturated heterocycles. The van der Waals surface area contributed by atoms with Crippen molar-refractivity contribution in [2.24, 2.45) is 0 Å². The quantitative estimate of drug-likeness (QED) is 0.796. The van der Waals surface area contributed by atoms with E-state index >= 15 is 0 Å². The normalized spacial score (nSPS) is 19.1. The van der Waals surface area contributed by atoms with Gasteiger partial charge in [-0.25, -0.2) is 4.39 Å². The third kappa shape index (κ3) is 1.91. The second-order valence-corrected chi connectivity index (χ2v) is 4.43. The number of aryl methyl sites for hydroxylation is 1. The number of hydrogen-bond donors (Lipinski definition) is 1. The van der Waals surface area contributed by atoms with Crippen LogP contribution in [0.15, 0.2) is 18.2 Å². The summed E-state index contributed by atoms with van der Waals surface area (Å²) in [5.41, 5.74) is 0.929. The summed E-state index contributed by atoms with van der Waals surface area (Å²) in [6, 6.07) is 5.76. The van der Waals surface area contributed by atoms with Crippen molar-refractivity contribution in [1.29, 1.82) is 0 Å². The van der Waals surface area contributed by atoms with Crippen LogP contribution in [0.1, 0.15) is 11.1 Å². The Labute approximate surface area is 88.3 Å². The van der Waals surface area contributed by atoms with Gasteiger partial charge in [0.15, 0.2) is 0 Å². The number of alkyl halides is 1. The molecule has 3 heteroatoms. The van der Waals surface area contributed by atoms with Gasteiger partial charge < -0.3 is 5.32 Å². The van der Waals surface area contributed by atoms with Gasteiger partial charge in [0.25, 0.3) is 0 Å². The van der Waals surface area contributed by atoms with Crippen LogP contribution in [0.3, 0.4) is 0 Å². The molecule has 1 aromatic carbocycles. The Morgan fingerprint density at radius 1 is 1.50 bits per heavy atom. The molecule has 1 heterocycles. The Morgan fingerprint density at radius 3 is 2.71 bits per heavy atom. The van der Waals surface area contributed by atoms with Crippen LogP contribution in [0.5, 0.6) is 0 Å². The van der Waals surface area contributed by atoms with Gasteiger partial charge in [-0.1, -0.05) is 23.7 Å². The highest BCUT2D eigenvalue weighted by atomic mass is 35.5. The molecule has 1 aliphatic heterocycles. The molecule has 0 unspecified atom stereocenters. The van der Waals surface area contributed by atoms with Gasteiger partial charge in [-0.15, -0.1) is 0 Å². The zero-order valence-electron chi connectivity index (χ0n) is 8.11. The van der Waals surface area contributed by atoms with Crippen LogP contribution in [0, 0.1) is 6.92 Å². The summed E-state index contributed by atoms with van der Waals surface area (Å²) in [5.74, 6) is 0. The van der Waals surface area contributed by atoms with Crippen molar-refractivity contribution < 1.29 is 4.39 Å². The minimum absolute atomic E-state index is 0.416.